The van der Waals surface area contributed by atoms with E-state index < -0.39 is 0 Å². The van der Waals surface area contributed by atoms with Gasteiger partial charge in [0.15, 0.2) is 0 Å². The molecule has 2 aliphatic heterocycles. The van der Waals surface area contributed by atoms with Crippen LogP contribution in [-0.2, 0) is 0 Å². The van der Waals surface area contributed by atoms with Gasteiger partial charge in [0.05, 0.1) is 11.8 Å². The first-order valence-electron chi connectivity index (χ1n) is 9.37. The summed E-state index contributed by atoms with van der Waals surface area (Å²) < 4.78 is 6.13. The predicted octanol–water partition coefficient (Wildman–Crippen LogP) is 4.41. The maximum absolute atomic E-state index is 13.3. The van der Waals surface area contributed by atoms with Crippen molar-refractivity contribution in [3.63, 3.8) is 0 Å². The normalized spacial score (nSPS) is 24.5. The summed E-state index contributed by atoms with van der Waals surface area (Å²) in [5, 5.41) is 0. The molecule has 5 heteroatoms. The Kier molecular flexibility index (Phi) is 5.16. The van der Waals surface area contributed by atoms with Crippen LogP contribution in [0.15, 0.2) is 53.7 Å². The number of carbonyl (C=O) groups excluding carboxylic acids is 1. The fraction of sp³-hybridized carbons (Fsp3) is 0.429. The van der Waals surface area contributed by atoms with Crippen LogP contribution in [0.4, 0.5) is 0 Å². The Labute approximate surface area is 159 Å². The van der Waals surface area contributed by atoms with Crippen molar-refractivity contribution in [2.24, 2.45) is 0 Å². The number of rotatable bonds is 5. The van der Waals surface area contributed by atoms with E-state index in [4.69, 9.17) is 4.74 Å². The molecule has 0 aliphatic carbocycles. The molecule has 4 rings (SSSR count). The van der Waals surface area contributed by atoms with E-state index >= 15 is 0 Å². The highest BCUT2D eigenvalue weighted by atomic mass is 32.2. The summed E-state index contributed by atoms with van der Waals surface area (Å²) in [4.78, 5) is 20.6. The summed E-state index contributed by atoms with van der Waals surface area (Å²) in [6, 6.07) is 12.4. The summed E-state index contributed by atoms with van der Waals surface area (Å²) in [7, 11) is 0. The van der Waals surface area contributed by atoms with Crippen LogP contribution in [0.5, 0.6) is 5.75 Å². The first-order valence-corrected chi connectivity index (χ1v) is 10.4. The van der Waals surface area contributed by atoms with Crippen LogP contribution in [0, 0.1) is 0 Å². The Bertz CT molecular complexity index is 754. The monoisotopic (exact) mass is 368 g/mol. The molecule has 2 bridgehead atoms. The Morgan fingerprint density at radius 3 is 2.65 bits per heavy atom. The van der Waals surface area contributed by atoms with Crippen LogP contribution in [0.25, 0.3) is 0 Å². The van der Waals surface area contributed by atoms with E-state index in [2.05, 4.69) is 22.9 Å². The summed E-state index contributed by atoms with van der Waals surface area (Å²) in [6.45, 7) is 2.12. The van der Waals surface area contributed by atoms with E-state index in [9.17, 15) is 4.79 Å². The van der Waals surface area contributed by atoms with Crippen molar-refractivity contribution in [3.05, 3.63) is 54.4 Å². The Morgan fingerprint density at radius 1 is 1.19 bits per heavy atom. The molecule has 3 heterocycles. The molecule has 26 heavy (non-hydrogen) atoms. The van der Waals surface area contributed by atoms with Crippen LogP contribution in [0.1, 0.15) is 43.0 Å². The number of ether oxygens (including phenoxy) is 1. The second kappa shape index (κ2) is 7.70. The maximum Gasteiger partial charge on any atom is 0.255 e. The first-order chi connectivity index (χ1) is 12.8. The third kappa shape index (κ3) is 3.45. The van der Waals surface area contributed by atoms with Crippen molar-refractivity contribution < 1.29 is 9.53 Å². The van der Waals surface area contributed by atoms with Crippen molar-refractivity contribution in [2.75, 3.05) is 5.75 Å². The average molecular weight is 369 g/mol. The van der Waals surface area contributed by atoms with Crippen molar-refractivity contribution in [3.8, 4) is 5.75 Å². The smallest absolute Gasteiger partial charge is 0.255 e. The molecular formula is C21H24N2O2S. The number of thioether (sulfide) groups is 1. The SMILES string of the molecule is CCSc1ccccc1C(=O)N1C2CCC1CC(Oc1cccnc1)C2. The molecule has 1 aromatic heterocycles. The number of benzene rings is 1. The Morgan fingerprint density at radius 2 is 1.96 bits per heavy atom. The lowest BCUT2D eigenvalue weighted by molar-refractivity contribution is 0.0355. The summed E-state index contributed by atoms with van der Waals surface area (Å²) in [5.41, 5.74) is 0.850. The average Bonchev–Trinajstić information content (AvgIpc) is 2.93. The predicted molar refractivity (Wildman–Crippen MR) is 104 cm³/mol. The van der Waals surface area contributed by atoms with E-state index in [1.807, 2.05) is 30.3 Å². The molecule has 136 valence electrons. The summed E-state index contributed by atoms with van der Waals surface area (Å²) in [5.74, 6) is 1.98. The molecule has 1 aromatic carbocycles. The van der Waals surface area contributed by atoms with Gasteiger partial charge in [0.25, 0.3) is 5.91 Å². The topological polar surface area (TPSA) is 42.4 Å². The number of pyridine rings is 1. The lowest BCUT2D eigenvalue weighted by atomic mass is 9.98. The first kappa shape index (κ1) is 17.4. The highest BCUT2D eigenvalue weighted by Crippen LogP contribution is 2.39. The maximum atomic E-state index is 13.3. The molecule has 4 nitrogen and oxygen atoms in total. The number of piperidine rings is 1. The molecule has 2 saturated heterocycles. The molecule has 2 fully saturated rings. The van der Waals surface area contributed by atoms with E-state index in [-0.39, 0.29) is 24.1 Å². The van der Waals surface area contributed by atoms with Crippen molar-refractivity contribution in [1.29, 1.82) is 0 Å². The quantitative estimate of drug-likeness (QED) is 0.733. The zero-order chi connectivity index (χ0) is 17.9. The van der Waals surface area contributed by atoms with Gasteiger partial charge in [-0.25, -0.2) is 0 Å². The third-order valence-electron chi connectivity index (χ3n) is 5.28. The number of carbonyl (C=O) groups is 1. The number of hydrogen-bond donors (Lipinski definition) is 0. The zero-order valence-corrected chi connectivity index (χ0v) is 15.8. The minimum atomic E-state index is 0.168. The largest absolute Gasteiger partial charge is 0.489 e. The molecule has 0 spiro atoms. The molecule has 2 aromatic rings. The van der Waals surface area contributed by atoms with Crippen LogP contribution in [-0.4, -0.2) is 39.7 Å². The van der Waals surface area contributed by atoms with Crippen molar-refractivity contribution in [2.45, 2.75) is 55.7 Å². The van der Waals surface area contributed by atoms with Gasteiger partial charge in [0, 0.05) is 36.0 Å². The van der Waals surface area contributed by atoms with Crippen LogP contribution >= 0.6 is 11.8 Å². The molecule has 2 aliphatic rings. The van der Waals surface area contributed by atoms with E-state index in [1.54, 1.807) is 24.2 Å². The summed E-state index contributed by atoms with van der Waals surface area (Å²) in [6.07, 6.45) is 7.64. The second-order valence-electron chi connectivity index (χ2n) is 6.93. The highest BCUT2D eigenvalue weighted by Gasteiger charge is 2.44. The number of amides is 1. The Hall–Kier alpha value is -2.01. The Balaban J connectivity index is 1.49. The van der Waals surface area contributed by atoms with Gasteiger partial charge >= 0.3 is 0 Å². The van der Waals surface area contributed by atoms with Gasteiger partial charge < -0.3 is 9.64 Å². The number of hydrogen-bond acceptors (Lipinski definition) is 4. The fourth-order valence-corrected chi connectivity index (χ4v) is 5.02. The third-order valence-corrected chi connectivity index (χ3v) is 6.23. The lowest BCUT2D eigenvalue weighted by Gasteiger charge is -2.39. The lowest BCUT2D eigenvalue weighted by Crippen LogP contribution is -2.49. The van der Waals surface area contributed by atoms with Crippen LogP contribution in [0.3, 0.4) is 0 Å². The minimum Gasteiger partial charge on any atom is -0.489 e. The van der Waals surface area contributed by atoms with Crippen molar-refractivity contribution >= 4 is 17.7 Å². The van der Waals surface area contributed by atoms with Gasteiger partial charge in [-0.2, -0.15) is 0 Å². The minimum absolute atomic E-state index is 0.168. The zero-order valence-electron chi connectivity index (χ0n) is 15.0. The number of aromatic nitrogens is 1. The van der Waals surface area contributed by atoms with Gasteiger partial charge in [0.2, 0.25) is 0 Å². The number of fused-ring (bicyclic) bond motifs is 2. The molecular weight excluding hydrogens is 344 g/mol. The van der Waals surface area contributed by atoms with E-state index in [1.165, 1.54) is 0 Å². The van der Waals surface area contributed by atoms with Gasteiger partial charge in [-0.15, -0.1) is 11.8 Å². The van der Waals surface area contributed by atoms with Gasteiger partial charge in [-0.3, -0.25) is 9.78 Å². The van der Waals surface area contributed by atoms with Gasteiger partial charge in [-0.1, -0.05) is 19.1 Å². The standard InChI is InChI=1S/C21H24N2O2S/c1-2-26-20-8-4-3-7-19(20)21(24)23-15-9-10-16(23)13-18(12-15)25-17-6-5-11-22-14-17/h3-8,11,14-16,18H,2,9-10,12-13H2,1H3. The summed E-state index contributed by atoms with van der Waals surface area (Å²) >= 11 is 1.74. The highest BCUT2D eigenvalue weighted by molar-refractivity contribution is 7.99. The molecule has 1 amide bonds. The van der Waals surface area contributed by atoms with Gasteiger partial charge in [0.1, 0.15) is 11.9 Å². The molecule has 0 radical (unpaired) electrons. The molecule has 0 saturated carbocycles. The van der Waals surface area contributed by atoms with Crippen LogP contribution < -0.4 is 4.74 Å². The van der Waals surface area contributed by atoms with E-state index in [0.717, 1.165) is 47.6 Å². The van der Waals surface area contributed by atoms with Gasteiger partial charge in [-0.05, 0) is 42.9 Å². The van der Waals surface area contributed by atoms with Crippen LogP contribution in [0.2, 0.25) is 0 Å². The molecule has 2 unspecified atom stereocenters. The second-order valence-corrected chi connectivity index (χ2v) is 8.23. The molecule has 2 atom stereocenters. The number of nitrogens with zero attached hydrogens (tertiary/aromatic N) is 2. The van der Waals surface area contributed by atoms with E-state index in [0.29, 0.717) is 0 Å². The fourth-order valence-electron chi connectivity index (χ4n) is 4.23. The van der Waals surface area contributed by atoms with Crippen molar-refractivity contribution in [1.82, 2.24) is 9.88 Å². The molecule has 0 N–H and O–H groups in total.